The molecule has 1 saturated carbocycles. The van der Waals surface area contributed by atoms with Crippen molar-refractivity contribution in [3.05, 3.63) is 0 Å². The lowest BCUT2D eigenvalue weighted by Gasteiger charge is -2.43. The number of hydrogen-bond donors (Lipinski definition) is 5. The van der Waals surface area contributed by atoms with Gasteiger partial charge in [0.2, 0.25) is 0 Å². The highest BCUT2D eigenvalue weighted by molar-refractivity contribution is 5.76. The fourth-order valence-electron chi connectivity index (χ4n) is 3.76. The summed E-state index contributed by atoms with van der Waals surface area (Å²) in [4.78, 5) is 59.4. The number of hydrogen-bond acceptors (Lipinski definition) is 7. The second-order valence-corrected chi connectivity index (χ2v) is 7.09. The average Bonchev–Trinajstić information content (AvgIpc) is 2.61. The molecule has 1 amide bonds. The molecule has 13 heteroatoms. The van der Waals surface area contributed by atoms with Crippen molar-refractivity contribution < 1.29 is 49.5 Å². The van der Waals surface area contributed by atoms with Gasteiger partial charge in [-0.3, -0.25) is 33.9 Å². The molecule has 170 valence electrons. The van der Waals surface area contributed by atoms with Crippen molar-refractivity contribution in [3.8, 4) is 0 Å². The third kappa shape index (κ3) is 8.61. The van der Waals surface area contributed by atoms with Crippen LogP contribution in [-0.4, -0.2) is 122 Å². The van der Waals surface area contributed by atoms with E-state index >= 15 is 0 Å². The molecule has 0 spiro atoms. The molecule has 0 aromatic heterocycles. The maximum absolute atomic E-state index is 11.6. The zero-order valence-electron chi connectivity index (χ0n) is 16.3. The Labute approximate surface area is 172 Å². The van der Waals surface area contributed by atoms with E-state index in [4.69, 9.17) is 15.3 Å². The van der Waals surface area contributed by atoms with E-state index in [0.717, 1.165) is 9.80 Å². The van der Waals surface area contributed by atoms with Gasteiger partial charge in [-0.25, -0.2) is 4.79 Å². The topological polar surface area (TPSA) is 196 Å². The van der Waals surface area contributed by atoms with E-state index in [1.54, 1.807) is 0 Å². The molecule has 0 aliphatic heterocycles. The van der Waals surface area contributed by atoms with Crippen LogP contribution < -0.4 is 0 Å². The Morgan fingerprint density at radius 3 is 1.53 bits per heavy atom. The standard InChI is InChI=1S/C17H27N3O10/c21-13(22)7-18(8-14(23)24)5-6-19(9-15(25)26)11-3-1-2-4-12(11)20(17(29)30)10-16(27)28/h11-12H,1-10H2,(H,21,22)(H,23,24)(H,25,26)(H,27,28)(H,29,30). The molecule has 0 heterocycles. The van der Waals surface area contributed by atoms with E-state index in [1.807, 2.05) is 0 Å². The van der Waals surface area contributed by atoms with Crippen LogP contribution in [0.15, 0.2) is 0 Å². The van der Waals surface area contributed by atoms with Crippen molar-refractivity contribution in [2.45, 2.75) is 37.8 Å². The summed E-state index contributed by atoms with van der Waals surface area (Å²) in [7, 11) is 0. The number of carboxylic acid groups (broad SMARTS) is 5. The van der Waals surface area contributed by atoms with Gasteiger partial charge in [-0.1, -0.05) is 12.8 Å². The molecule has 1 rings (SSSR count). The van der Waals surface area contributed by atoms with Gasteiger partial charge in [0.1, 0.15) is 6.54 Å². The third-order valence-electron chi connectivity index (χ3n) is 4.87. The van der Waals surface area contributed by atoms with Crippen molar-refractivity contribution in [2.24, 2.45) is 0 Å². The Kier molecular flexibility index (Phi) is 9.98. The maximum Gasteiger partial charge on any atom is 0.408 e. The first kappa shape index (κ1) is 25.1. The predicted molar refractivity (Wildman–Crippen MR) is 99.3 cm³/mol. The molecule has 1 aliphatic carbocycles. The molecule has 5 N–H and O–H groups in total. The lowest BCUT2D eigenvalue weighted by molar-refractivity contribution is -0.143. The van der Waals surface area contributed by atoms with E-state index in [2.05, 4.69) is 0 Å². The number of amides is 1. The fraction of sp³-hybridized carbons (Fsp3) is 0.706. The Balaban J connectivity index is 3.05. The molecule has 30 heavy (non-hydrogen) atoms. The van der Waals surface area contributed by atoms with Crippen LogP contribution in [0.3, 0.4) is 0 Å². The quantitative estimate of drug-likeness (QED) is 0.243. The zero-order chi connectivity index (χ0) is 22.8. The molecule has 13 nitrogen and oxygen atoms in total. The minimum atomic E-state index is -1.43. The molecule has 0 aromatic rings. The Morgan fingerprint density at radius 1 is 0.633 bits per heavy atom. The van der Waals surface area contributed by atoms with Gasteiger partial charge in [0.25, 0.3) is 0 Å². The normalized spacial score (nSPS) is 18.9. The summed E-state index contributed by atoms with van der Waals surface area (Å²) in [5.74, 6) is -5.01. The minimum absolute atomic E-state index is 0.0193. The minimum Gasteiger partial charge on any atom is -0.480 e. The summed E-state index contributed by atoms with van der Waals surface area (Å²) in [5, 5.41) is 45.7. The van der Waals surface area contributed by atoms with Crippen molar-refractivity contribution in [2.75, 3.05) is 39.3 Å². The van der Waals surface area contributed by atoms with Gasteiger partial charge in [0, 0.05) is 19.1 Å². The second kappa shape index (κ2) is 11.9. The van der Waals surface area contributed by atoms with Crippen LogP contribution in [0.25, 0.3) is 0 Å². The molecule has 1 fully saturated rings. The van der Waals surface area contributed by atoms with Gasteiger partial charge < -0.3 is 25.5 Å². The van der Waals surface area contributed by atoms with E-state index in [0.29, 0.717) is 25.7 Å². The number of nitrogens with zero attached hydrogens (tertiary/aromatic N) is 3. The largest absolute Gasteiger partial charge is 0.480 e. The Hall–Kier alpha value is -2.93. The highest BCUT2D eigenvalue weighted by Crippen LogP contribution is 2.27. The summed E-state index contributed by atoms with van der Waals surface area (Å²) >= 11 is 0. The number of carboxylic acids is 4. The van der Waals surface area contributed by atoms with E-state index < -0.39 is 68.2 Å². The predicted octanol–water partition coefficient (Wildman–Crippen LogP) is -0.780. The van der Waals surface area contributed by atoms with Gasteiger partial charge in [0.15, 0.2) is 0 Å². The molecule has 1 aliphatic rings. The van der Waals surface area contributed by atoms with E-state index in [1.165, 1.54) is 4.90 Å². The first-order valence-corrected chi connectivity index (χ1v) is 9.34. The van der Waals surface area contributed by atoms with Crippen LogP contribution in [-0.2, 0) is 19.2 Å². The van der Waals surface area contributed by atoms with Crippen molar-refractivity contribution >= 4 is 30.0 Å². The van der Waals surface area contributed by atoms with Crippen LogP contribution in [0.5, 0.6) is 0 Å². The smallest absolute Gasteiger partial charge is 0.408 e. The molecular formula is C17H27N3O10. The third-order valence-corrected chi connectivity index (χ3v) is 4.87. The summed E-state index contributed by atoms with van der Waals surface area (Å²) < 4.78 is 0. The van der Waals surface area contributed by atoms with Gasteiger partial charge in [-0.15, -0.1) is 0 Å². The molecular weight excluding hydrogens is 406 g/mol. The fourth-order valence-corrected chi connectivity index (χ4v) is 3.76. The van der Waals surface area contributed by atoms with E-state index in [-0.39, 0.29) is 13.1 Å². The van der Waals surface area contributed by atoms with Gasteiger partial charge >= 0.3 is 30.0 Å². The maximum atomic E-state index is 11.6. The summed E-state index contributed by atoms with van der Waals surface area (Å²) in [6.07, 6.45) is 0.692. The first-order valence-electron chi connectivity index (χ1n) is 9.34. The summed E-state index contributed by atoms with van der Waals surface area (Å²) in [5.41, 5.74) is 0. The molecule has 2 atom stereocenters. The average molecular weight is 433 g/mol. The SMILES string of the molecule is O=C(O)CN(CCN(CC(=O)O)C1CCCCC1N(CC(=O)O)C(=O)O)CC(=O)O. The monoisotopic (exact) mass is 433 g/mol. The lowest BCUT2D eigenvalue weighted by Crippen LogP contribution is -2.58. The van der Waals surface area contributed by atoms with E-state index in [9.17, 15) is 34.2 Å². The second-order valence-electron chi connectivity index (χ2n) is 7.09. The highest BCUT2D eigenvalue weighted by Gasteiger charge is 2.38. The molecule has 0 saturated heterocycles. The molecule has 0 aromatic carbocycles. The van der Waals surface area contributed by atoms with Crippen molar-refractivity contribution in [1.82, 2.24) is 14.7 Å². The Bertz CT molecular complexity index is 640. The summed E-state index contributed by atoms with van der Waals surface area (Å²) in [6.45, 7) is -2.42. The molecule has 0 bridgehead atoms. The van der Waals surface area contributed by atoms with Gasteiger partial charge in [-0.2, -0.15) is 0 Å². The van der Waals surface area contributed by atoms with Crippen LogP contribution in [0, 0.1) is 0 Å². The zero-order valence-corrected chi connectivity index (χ0v) is 16.3. The van der Waals surface area contributed by atoms with Crippen LogP contribution in [0.2, 0.25) is 0 Å². The number of rotatable bonds is 13. The van der Waals surface area contributed by atoms with Crippen LogP contribution in [0.4, 0.5) is 4.79 Å². The highest BCUT2D eigenvalue weighted by atomic mass is 16.4. The first-order chi connectivity index (χ1) is 14.0. The lowest BCUT2D eigenvalue weighted by atomic mass is 9.88. The number of aliphatic carboxylic acids is 4. The van der Waals surface area contributed by atoms with Gasteiger partial charge in [-0.05, 0) is 12.8 Å². The number of carbonyl (C=O) groups is 5. The van der Waals surface area contributed by atoms with Crippen molar-refractivity contribution in [3.63, 3.8) is 0 Å². The summed E-state index contributed by atoms with van der Waals surface area (Å²) in [6, 6.07) is -1.35. The molecule has 2 unspecified atom stereocenters. The van der Waals surface area contributed by atoms with Crippen LogP contribution >= 0.6 is 0 Å². The van der Waals surface area contributed by atoms with Gasteiger partial charge in [0.05, 0.1) is 25.7 Å². The molecule has 0 radical (unpaired) electrons. The Morgan fingerprint density at radius 2 is 1.10 bits per heavy atom. The van der Waals surface area contributed by atoms with Crippen molar-refractivity contribution in [1.29, 1.82) is 0 Å². The van der Waals surface area contributed by atoms with Crippen LogP contribution in [0.1, 0.15) is 25.7 Å².